The Morgan fingerprint density at radius 1 is 1.44 bits per heavy atom. The Morgan fingerprint density at radius 2 is 2.26 bits per heavy atom. The molecular weight excluding hydrogens is 353 g/mol. The van der Waals surface area contributed by atoms with E-state index in [-0.39, 0.29) is 12.2 Å². The molecule has 9 heteroatoms. The lowest BCUT2D eigenvalue weighted by molar-refractivity contribution is -0.123. The molecule has 0 spiro atoms. The standard InChI is InChI=1S/C18H18FN5O3/c1-2-10-12(22-18(26)14(10)19)7-27-13-5-3-4-9-6-11(16(20)25)17-23-21-8-24(17)15(9)13/h3-6,8,10,12,14H,2,7H2,1H3,(H2,20,25)(H,22,26). The smallest absolute Gasteiger partial charge is 0.255 e. The predicted octanol–water partition coefficient (Wildman–Crippen LogP) is 1.22. The number of para-hydroxylation sites is 1. The van der Waals surface area contributed by atoms with Gasteiger partial charge < -0.3 is 15.8 Å². The van der Waals surface area contributed by atoms with Gasteiger partial charge in [-0.25, -0.2) is 4.39 Å². The summed E-state index contributed by atoms with van der Waals surface area (Å²) in [6.07, 6.45) is 0.487. The molecule has 27 heavy (non-hydrogen) atoms. The van der Waals surface area contributed by atoms with E-state index in [4.69, 9.17) is 10.5 Å². The Labute approximate surface area is 153 Å². The van der Waals surface area contributed by atoms with Crippen molar-refractivity contribution in [3.63, 3.8) is 0 Å². The molecule has 0 bridgehead atoms. The second kappa shape index (κ2) is 6.49. The number of nitrogens with zero attached hydrogens (tertiary/aromatic N) is 3. The highest BCUT2D eigenvalue weighted by Gasteiger charge is 2.41. The molecule has 0 aliphatic carbocycles. The topological polar surface area (TPSA) is 112 Å². The molecule has 2 aromatic heterocycles. The molecule has 3 unspecified atom stereocenters. The molecular formula is C18H18FN5O3. The zero-order valence-corrected chi connectivity index (χ0v) is 14.6. The first-order valence-electron chi connectivity index (χ1n) is 8.63. The first-order chi connectivity index (χ1) is 13.0. The summed E-state index contributed by atoms with van der Waals surface area (Å²) < 4.78 is 21.5. The van der Waals surface area contributed by atoms with E-state index >= 15 is 0 Å². The van der Waals surface area contributed by atoms with Gasteiger partial charge >= 0.3 is 0 Å². The summed E-state index contributed by atoms with van der Waals surface area (Å²) in [6.45, 7) is 1.97. The van der Waals surface area contributed by atoms with Crippen molar-refractivity contribution in [2.45, 2.75) is 25.6 Å². The van der Waals surface area contributed by atoms with Gasteiger partial charge in [-0.3, -0.25) is 14.0 Å². The molecule has 3 heterocycles. The number of benzene rings is 1. The van der Waals surface area contributed by atoms with Gasteiger partial charge in [0.15, 0.2) is 11.8 Å². The third-order valence-corrected chi connectivity index (χ3v) is 4.99. The average molecular weight is 371 g/mol. The second-order valence-electron chi connectivity index (χ2n) is 6.54. The van der Waals surface area contributed by atoms with Crippen LogP contribution >= 0.6 is 0 Å². The van der Waals surface area contributed by atoms with Gasteiger partial charge in [0.2, 0.25) is 0 Å². The van der Waals surface area contributed by atoms with Gasteiger partial charge in [-0.2, -0.15) is 0 Å². The van der Waals surface area contributed by atoms with E-state index < -0.39 is 29.9 Å². The lowest BCUT2D eigenvalue weighted by Gasteiger charge is -2.19. The van der Waals surface area contributed by atoms with Crippen molar-refractivity contribution in [3.8, 4) is 5.75 Å². The Bertz CT molecular complexity index is 1050. The van der Waals surface area contributed by atoms with Crippen LogP contribution in [0.3, 0.4) is 0 Å². The van der Waals surface area contributed by atoms with Crippen LogP contribution in [0, 0.1) is 5.92 Å². The number of nitrogens with one attached hydrogen (secondary N) is 1. The number of aromatic nitrogens is 3. The van der Waals surface area contributed by atoms with Crippen molar-refractivity contribution < 1.29 is 18.7 Å². The largest absolute Gasteiger partial charge is 0.489 e. The van der Waals surface area contributed by atoms with Gasteiger partial charge in [-0.05, 0) is 18.6 Å². The Balaban J connectivity index is 1.72. The summed E-state index contributed by atoms with van der Waals surface area (Å²) in [5, 5.41) is 11.2. The van der Waals surface area contributed by atoms with Gasteiger partial charge in [0, 0.05) is 11.3 Å². The van der Waals surface area contributed by atoms with Crippen LogP contribution in [-0.2, 0) is 4.79 Å². The van der Waals surface area contributed by atoms with Crippen LogP contribution in [0.25, 0.3) is 16.6 Å². The first kappa shape index (κ1) is 17.2. The zero-order valence-electron chi connectivity index (χ0n) is 14.6. The third kappa shape index (κ3) is 2.75. The van der Waals surface area contributed by atoms with Crippen LogP contribution in [0.5, 0.6) is 5.75 Å². The minimum Gasteiger partial charge on any atom is -0.489 e. The van der Waals surface area contributed by atoms with E-state index in [1.165, 1.54) is 6.33 Å². The molecule has 140 valence electrons. The van der Waals surface area contributed by atoms with Crippen LogP contribution < -0.4 is 15.8 Å². The van der Waals surface area contributed by atoms with Crippen molar-refractivity contribution in [1.82, 2.24) is 19.9 Å². The number of fused-ring (bicyclic) bond motifs is 3. The maximum Gasteiger partial charge on any atom is 0.255 e. The maximum atomic E-state index is 14.0. The Kier molecular flexibility index (Phi) is 4.14. The van der Waals surface area contributed by atoms with Crippen LogP contribution in [0.15, 0.2) is 30.6 Å². The van der Waals surface area contributed by atoms with Gasteiger partial charge in [0.1, 0.15) is 18.7 Å². The number of ether oxygens (including phenoxy) is 1. The average Bonchev–Trinajstić information content (AvgIpc) is 3.24. The highest BCUT2D eigenvalue weighted by atomic mass is 19.1. The van der Waals surface area contributed by atoms with E-state index in [2.05, 4.69) is 15.5 Å². The quantitative estimate of drug-likeness (QED) is 0.700. The number of carbonyl (C=O) groups excluding carboxylic acids is 2. The Hall–Kier alpha value is -3.23. The zero-order chi connectivity index (χ0) is 19.1. The molecule has 8 nitrogen and oxygen atoms in total. The minimum absolute atomic E-state index is 0.130. The number of primary amides is 1. The monoisotopic (exact) mass is 371 g/mol. The number of rotatable bonds is 5. The molecule has 3 atom stereocenters. The van der Waals surface area contributed by atoms with E-state index in [1.807, 2.05) is 13.0 Å². The lowest BCUT2D eigenvalue weighted by Crippen LogP contribution is -2.34. The van der Waals surface area contributed by atoms with Crippen LogP contribution in [0.2, 0.25) is 0 Å². The number of halogens is 1. The number of amides is 2. The third-order valence-electron chi connectivity index (χ3n) is 4.99. The fourth-order valence-electron chi connectivity index (χ4n) is 3.62. The molecule has 0 saturated carbocycles. The summed E-state index contributed by atoms with van der Waals surface area (Å²) in [4.78, 5) is 23.3. The molecule has 1 saturated heterocycles. The highest BCUT2D eigenvalue weighted by molar-refractivity contribution is 6.03. The van der Waals surface area contributed by atoms with E-state index in [0.717, 1.165) is 5.39 Å². The van der Waals surface area contributed by atoms with Crippen molar-refractivity contribution in [3.05, 3.63) is 36.2 Å². The van der Waals surface area contributed by atoms with Crippen molar-refractivity contribution in [2.24, 2.45) is 11.7 Å². The normalized spacial score (nSPS) is 22.3. The predicted molar refractivity (Wildman–Crippen MR) is 95.1 cm³/mol. The number of carbonyl (C=O) groups is 2. The minimum atomic E-state index is -1.52. The van der Waals surface area contributed by atoms with Crippen molar-refractivity contribution >= 4 is 28.4 Å². The molecule has 2 amide bonds. The maximum absolute atomic E-state index is 14.0. The van der Waals surface area contributed by atoms with E-state index in [1.54, 1.807) is 22.6 Å². The van der Waals surface area contributed by atoms with Crippen LogP contribution in [0.4, 0.5) is 4.39 Å². The van der Waals surface area contributed by atoms with E-state index in [0.29, 0.717) is 23.3 Å². The summed E-state index contributed by atoms with van der Waals surface area (Å²) in [5.41, 5.74) is 6.69. The molecule has 1 aliphatic rings. The number of alkyl halides is 1. The molecule has 3 N–H and O–H groups in total. The fraction of sp³-hybridized carbons (Fsp3) is 0.333. The van der Waals surface area contributed by atoms with Gasteiger partial charge in [-0.1, -0.05) is 19.1 Å². The lowest BCUT2D eigenvalue weighted by atomic mass is 9.97. The van der Waals surface area contributed by atoms with Crippen molar-refractivity contribution in [1.29, 1.82) is 0 Å². The number of nitrogens with two attached hydrogens (primary N) is 1. The summed E-state index contributed by atoms with van der Waals surface area (Å²) in [7, 11) is 0. The highest BCUT2D eigenvalue weighted by Crippen LogP contribution is 2.30. The molecule has 3 aromatic rings. The summed E-state index contributed by atoms with van der Waals surface area (Å²) >= 11 is 0. The summed E-state index contributed by atoms with van der Waals surface area (Å²) in [5.74, 6) is -1.11. The second-order valence-corrected chi connectivity index (χ2v) is 6.54. The van der Waals surface area contributed by atoms with E-state index in [9.17, 15) is 14.0 Å². The van der Waals surface area contributed by atoms with Gasteiger partial charge in [-0.15, -0.1) is 10.2 Å². The number of hydrogen-bond donors (Lipinski definition) is 2. The van der Waals surface area contributed by atoms with Gasteiger partial charge in [0.25, 0.3) is 11.8 Å². The molecule has 4 rings (SSSR count). The molecule has 1 aromatic carbocycles. The SMILES string of the molecule is CCC1C(COc2cccc3cc(C(N)=O)c4nncn4c23)NC(=O)C1F. The fourth-order valence-corrected chi connectivity index (χ4v) is 3.62. The van der Waals surface area contributed by atoms with Crippen molar-refractivity contribution in [2.75, 3.05) is 6.61 Å². The first-order valence-corrected chi connectivity index (χ1v) is 8.63. The van der Waals surface area contributed by atoms with Crippen LogP contribution in [0.1, 0.15) is 23.7 Å². The molecule has 1 aliphatic heterocycles. The molecule has 1 fully saturated rings. The van der Waals surface area contributed by atoms with Gasteiger partial charge in [0.05, 0.1) is 17.1 Å². The Morgan fingerprint density at radius 3 is 3.00 bits per heavy atom. The number of pyridine rings is 1. The van der Waals surface area contributed by atoms with Crippen LogP contribution in [-0.4, -0.2) is 45.2 Å². The molecule has 0 radical (unpaired) electrons. The summed E-state index contributed by atoms with van der Waals surface area (Å²) in [6, 6.07) is 6.59. The number of hydrogen-bond acceptors (Lipinski definition) is 5.